The van der Waals surface area contributed by atoms with Crippen LogP contribution in [0.2, 0.25) is 0 Å². The zero-order chi connectivity index (χ0) is 13.8. The largest absolute Gasteiger partial charge is 0.491 e. The van der Waals surface area contributed by atoms with E-state index in [0.29, 0.717) is 17.9 Å². The van der Waals surface area contributed by atoms with E-state index in [9.17, 15) is 4.79 Å². The molecule has 1 heterocycles. The number of carboxylic acids is 1. The zero-order valence-electron chi connectivity index (χ0n) is 11.1. The minimum Gasteiger partial charge on any atom is -0.491 e. The third-order valence-electron chi connectivity index (χ3n) is 2.96. The molecule has 0 spiro atoms. The van der Waals surface area contributed by atoms with Crippen LogP contribution in [0.15, 0.2) is 36.5 Å². The average Bonchev–Trinajstić information content (AvgIpc) is 2.78. The molecule has 4 heteroatoms. The molecule has 0 saturated carbocycles. The first-order chi connectivity index (χ1) is 9.15. The molecule has 0 aliphatic rings. The number of para-hydroxylation sites is 2. The molecule has 0 aliphatic carbocycles. The van der Waals surface area contributed by atoms with Crippen LogP contribution in [0.3, 0.4) is 0 Å². The lowest BCUT2D eigenvalue weighted by Gasteiger charge is -2.13. The summed E-state index contributed by atoms with van der Waals surface area (Å²) < 4.78 is 7.54. The monoisotopic (exact) mass is 259 g/mol. The predicted octanol–water partition coefficient (Wildman–Crippen LogP) is 3.27. The van der Waals surface area contributed by atoms with Gasteiger partial charge in [-0.3, -0.25) is 0 Å². The molecule has 0 radical (unpaired) electrons. The maximum Gasteiger partial charge on any atom is 0.337 e. The van der Waals surface area contributed by atoms with Crippen LogP contribution < -0.4 is 4.74 Å². The van der Waals surface area contributed by atoms with Gasteiger partial charge in [-0.1, -0.05) is 19.1 Å². The molecule has 0 aliphatic heterocycles. The van der Waals surface area contributed by atoms with Crippen molar-refractivity contribution in [3.63, 3.8) is 0 Å². The fraction of sp³-hybridized carbons (Fsp3) is 0.267. The smallest absolute Gasteiger partial charge is 0.337 e. The van der Waals surface area contributed by atoms with Crippen molar-refractivity contribution >= 4 is 5.97 Å². The predicted molar refractivity (Wildman–Crippen MR) is 73.3 cm³/mol. The third kappa shape index (κ3) is 2.62. The van der Waals surface area contributed by atoms with E-state index in [1.165, 1.54) is 0 Å². The van der Waals surface area contributed by atoms with Crippen LogP contribution in [0.5, 0.6) is 5.75 Å². The molecule has 19 heavy (non-hydrogen) atoms. The van der Waals surface area contributed by atoms with Gasteiger partial charge in [-0.2, -0.15) is 0 Å². The molecule has 1 aromatic carbocycles. The molecule has 0 saturated heterocycles. The van der Waals surface area contributed by atoms with Crippen LogP contribution in [-0.2, 0) is 0 Å². The molecule has 1 N–H and O–H groups in total. The van der Waals surface area contributed by atoms with Gasteiger partial charge in [0, 0.05) is 11.9 Å². The molecule has 4 nitrogen and oxygen atoms in total. The Hall–Kier alpha value is -2.23. The number of nitrogens with zero attached hydrogens (tertiary/aromatic N) is 1. The number of carboxylic acid groups (broad SMARTS) is 1. The van der Waals surface area contributed by atoms with Gasteiger partial charge in [0.25, 0.3) is 0 Å². The molecular weight excluding hydrogens is 242 g/mol. The first kappa shape index (κ1) is 13.2. The minimum absolute atomic E-state index is 0.310. The molecule has 1 aromatic heterocycles. The Labute approximate surface area is 112 Å². The summed E-state index contributed by atoms with van der Waals surface area (Å²) in [7, 11) is 0. The number of carbonyl (C=O) groups is 1. The summed E-state index contributed by atoms with van der Waals surface area (Å²) >= 11 is 0. The number of ether oxygens (including phenoxy) is 1. The van der Waals surface area contributed by atoms with Gasteiger partial charge in [-0.05, 0) is 31.5 Å². The normalized spacial score (nSPS) is 10.4. The van der Waals surface area contributed by atoms with E-state index in [1.807, 2.05) is 35.8 Å². The van der Waals surface area contributed by atoms with Crippen molar-refractivity contribution in [2.45, 2.75) is 20.3 Å². The first-order valence-corrected chi connectivity index (χ1v) is 6.28. The fourth-order valence-corrected chi connectivity index (χ4v) is 1.99. The number of rotatable bonds is 5. The summed E-state index contributed by atoms with van der Waals surface area (Å²) in [6.07, 6.45) is 2.69. The number of hydrogen-bond acceptors (Lipinski definition) is 2. The number of aromatic nitrogens is 1. The van der Waals surface area contributed by atoms with E-state index in [2.05, 4.69) is 0 Å². The van der Waals surface area contributed by atoms with E-state index in [0.717, 1.165) is 17.9 Å². The van der Waals surface area contributed by atoms with Gasteiger partial charge in [0.05, 0.1) is 17.9 Å². The second-order valence-electron chi connectivity index (χ2n) is 4.31. The van der Waals surface area contributed by atoms with Crippen LogP contribution >= 0.6 is 0 Å². The number of hydrogen-bond donors (Lipinski definition) is 1. The van der Waals surface area contributed by atoms with Gasteiger partial charge in [0.2, 0.25) is 0 Å². The van der Waals surface area contributed by atoms with Gasteiger partial charge in [0.1, 0.15) is 5.75 Å². The Morgan fingerprint density at radius 1 is 1.32 bits per heavy atom. The molecule has 0 amide bonds. The highest BCUT2D eigenvalue weighted by atomic mass is 16.5. The molecule has 2 aromatic rings. The Morgan fingerprint density at radius 2 is 2.05 bits per heavy atom. The second-order valence-corrected chi connectivity index (χ2v) is 4.31. The second kappa shape index (κ2) is 5.61. The molecule has 0 atom stereocenters. The van der Waals surface area contributed by atoms with Crippen molar-refractivity contribution in [2.24, 2.45) is 0 Å². The van der Waals surface area contributed by atoms with Gasteiger partial charge < -0.3 is 14.4 Å². The SMILES string of the molecule is CCCOc1ccccc1-n1ccc(C(=O)O)c1C. The molecule has 0 bridgehead atoms. The summed E-state index contributed by atoms with van der Waals surface area (Å²) in [6, 6.07) is 9.24. The molecule has 2 rings (SSSR count). The average molecular weight is 259 g/mol. The van der Waals surface area contributed by atoms with Gasteiger partial charge in [0.15, 0.2) is 0 Å². The van der Waals surface area contributed by atoms with Crippen molar-refractivity contribution in [3.05, 3.63) is 47.8 Å². The van der Waals surface area contributed by atoms with E-state index in [4.69, 9.17) is 9.84 Å². The lowest BCUT2D eigenvalue weighted by atomic mass is 10.2. The molecule has 0 fully saturated rings. The highest BCUT2D eigenvalue weighted by molar-refractivity contribution is 5.89. The fourth-order valence-electron chi connectivity index (χ4n) is 1.99. The Morgan fingerprint density at radius 3 is 2.68 bits per heavy atom. The summed E-state index contributed by atoms with van der Waals surface area (Å²) in [5.41, 5.74) is 1.87. The van der Waals surface area contributed by atoms with Crippen LogP contribution in [0, 0.1) is 6.92 Å². The standard InChI is InChI=1S/C15H17NO3/c1-3-10-19-14-7-5-4-6-13(14)16-9-8-12(11(16)2)15(17)18/h4-9H,3,10H2,1-2H3,(H,17,18). The lowest BCUT2D eigenvalue weighted by Crippen LogP contribution is -2.04. The van der Waals surface area contributed by atoms with Crippen LogP contribution in [-0.4, -0.2) is 22.2 Å². The number of benzene rings is 1. The minimum atomic E-state index is -0.914. The van der Waals surface area contributed by atoms with E-state index in [-0.39, 0.29) is 0 Å². The van der Waals surface area contributed by atoms with Gasteiger partial charge in [-0.25, -0.2) is 4.79 Å². The lowest BCUT2D eigenvalue weighted by molar-refractivity contribution is 0.0696. The van der Waals surface area contributed by atoms with E-state index >= 15 is 0 Å². The van der Waals surface area contributed by atoms with Crippen LogP contribution in [0.4, 0.5) is 0 Å². The zero-order valence-corrected chi connectivity index (χ0v) is 11.1. The number of aromatic carboxylic acids is 1. The summed E-state index contributed by atoms with van der Waals surface area (Å²) in [5.74, 6) is -0.150. The Balaban J connectivity index is 2.44. The van der Waals surface area contributed by atoms with Crippen LogP contribution in [0.25, 0.3) is 5.69 Å². The molecule has 100 valence electrons. The Bertz CT molecular complexity index is 587. The topological polar surface area (TPSA) is 51.5 Å². The molecule has 0 unspecified atom stereocenters. The van der Waals surface area contributed by atoms with Crippen molar-refractivity contribution in [1.82, 2.24) is 4.57 Å². The van der Waals surface area contributed by atoms with Crippen LogP contribution in [0.1, 0.15) is 29.4 Å². The van der Waals surface area contributed by atoms with Crippen molar-refractivity contribution in [1.29, 1.82) is 0 Å². The maximum absolute atomic E-state index is 11.1. The van der Waals surface area contributed by atoms with E-state index < -0.39 is 5.97 Å². The highest BCUT2D eigenvalue weighted by Crippen LogP contribution is 2.25. The first-order valence-electron chi connectivity index (χ1n) is 6.28. The third-order valence-corrected chi connectivity index (χ3v) is 2.96. The quantitative estimate of drug-likeness (QED) is 0.896. The van der Waals surface area contributed by atoms with Crippen molar-refractivity contribution in [2.75, 3.05) is 6.61 Å². The highest BCUT2D eigenvalue weighted by Gasteiger charge is 2.14. The summed E-state index contributed by atoms with van der Waals surface area (Å²) in [5, 5.41) is 9.09. The molecular formula is C15H17NO3. The van der Waals surface area contributed by atoms with E-state index in [1.54, 1.807) is 19.2 Å². The van der Waals surface area contributed by atoms with Crippen molar-refractivity contribution in [3.8, 4) is 11.4 Å². The summed E-state index contributed by atoms with van der Waals surface area (Å²) in [6.45, 7) is 4.48. The van der Waals surface area contributed by atoms with Crippen molar-refractivity contribution < 1.29 is 14.6 Å². The maximum atomic E-state index is 11.1. The summed E-state index contributed by atoms with van der Waals surface area (Å²) in [4.78, 5) is 11.1. The Kier molecular flexibility index (Phi) is 3.90. The van der Waals surface area contributed by atoms with Gasteiger partial charge in [-0.15, -0.1) is 0 Å². The van der Waals surface area contributed by atoms with Gasteiger partial charge >= 0.3 is 5.97 Å².